The third kappa shape index (κ3) is 2.74. The van der Waals surface area contributed by atoms with Gasteiger partial charge in [-0.2, -0.15) is 0 Å². The highest BCUT2D eigenvalue weighted by molar-refractivity contribution is 5.31. The average molecular weight is 249 g/mol. The predicted octanol–water partition coefficient (Wildman–Crippen LogP) is 2.00. The van der Waals surface area contributed by atoms with Crippen LogP contribution in [0, 0.1) is 0 Å². The maximum atomic E-state index is 9.41. The fourth-order valence-corrected chi connectivity index (χ4v) is 2.24. The van der Waals surface area contributed by atoms with Crippen molar-refractivity contribution in [3.05, 3.63) is 35.4 Å². The van der Waals surface area contributed by atoms with Gasteiger partial charge >= 0.3 is 0 Å². The van der Waals surface area contributed by atoms with Crippen molar-refractivity contribution in [2.75, 3.05) is 26.8 Å². The number of hydrogen-bond donors (Lipinski definition) is 1. The highest BCUT2D eigenvalue weighted by Gasteiger charge is 2.28. The Hall–Kier alpha value is -0.900. The highest BCUT2D eigenvalue weighted by Crippen LogP contribution is 2.28. The van der Waals surface area contributed by atoms with Crippen LogP contribution in [0.5, 0.6) is 0 Å². The lowest BCUT2D eigenvalue weighted by Crippen LogP contribution is -2.46. The molecule has 0 radical (unpaired) electrons. The van der Waals surface area contributed by atoms with Crippen LogP contribution in [0.2, 0.25) is 0 Å². The molecule has 0 aliphatic carbocycles. The lowest BCUT2D eigenvalue weighted by Gasteiger charge is -2.37. The molecule has 3 heteroatoms. The lowest BCUT2D eigenvalue weighted by molar-refractivity contribution is -0.0121. The summed E-state index contributed by atoms with van der Waals surface area (Å²) in [4.78, 5) is 2.17. The standard InChI is InChI=1S/C15H23NO2/c1-15(2,11-17)16(3)10-14-13-7-5-4-6-12(13)8-9-18-14/h4-7,14,17H,8-11H2,1-3H3. The fraction of sp³-hybridized carbons (Fsp3) is 0.600. The van der Waals surface area contributed by atoms with Gasteiger partial charge in [-0.1, -0.05) is 24.3 Å². The summed E-state index contributed by atoms with van der Waals surface area (Å²) in [5.74, 6) is 0. The molecule has 0 spiro atoms. The summed E-state index contributed by atoms with van der Waals surface area (Å²) >= 11 is 0. The molecule has 3 nitrogen and oxygen atoms in total. The molecule has 18 heavy (non-hydrogen) atoms. The Morgan fingerprint density at radius 3 is 2.83 bits per heavy atom. The van der Waals surface area contributed by atoms with Crippen molar-refractivity contribution in [3.8, 4) is 0 Å². The first-order valence-electron chi connectivity index (χ1n) is 6.56. The van der Waals surface area contributed by atoms with Crippen LogP contribution in [0.15, 0.2) is 24.3 Å². The molecule has 0 fully saturated rings. The van der Waals surface area contributed by atoms with Crippen molar-refractivity contribution < 1.29 is 9.84 Å². The van der Waals surface area contributed by atoms with Gasteiger partial charge in [0.05, 0.1) is 19.3 Å². The lowest BCUT2D eigenvalue weighted by atomic mass is 9.96. The second-order valence-electron chi connectivity index (χ2n) is 5.66. The molecule has 100 valence electrons. The summed E-state index contributed by atoms with van der Waals surface area (Å²) in [6, 6.07) is 8.49. The normalized spacial score (nSPS) is 19.9. The predicted molar refractivity (Wildman–Crippen MR) is 72.6 cm³/mol. The van der Waals surface area contributed by atoms with Gasteiger partial charge in [0.15, 0.2) is 0 Å². The minimum absolute atomic E-state index is 0.116. The Balaban J connectivity index is 2.12. The van der Waals surface area contributed by atoms with Gasteiger partial charge in [0, 0.05) is 12.1 Å². The van der Waals surface area contributed by atoms with Crippen LogP contribution in [-0.2, 0) is 11.2 Å². The highest BCUT2D eigenvalue weighted by atomic mass is 16.5. The van der Waals surface area contributed by atoms with E-state index in [0.717, 1.165) is 19.6 Å². The maximum Gasteiger partial charge on any atom is 0.0954 e. The Bertz CT molecular complexity index is 403. The Morgan fingerprint density at radius 2 is 2.11 bits per heavy atom. The van der Waals surface area contributed by atoms with E-state index in [1.54, 1.807) is 0 Å². The smallest absolute Gasteiger partial charge is 0.0954 e. The van der Waals surface area contributed by atoms with Gasteiger partial charge in [-0.3, -0.25) is 4.90 Å². The summed E-state index contributed by atoms with van der Waals surface area (Å²) in [7, 11) is 2.04. The van der Waals surface area contributed by atoms with Crippen molar-refractivity contribution >= 4 is 0 Å². The number of benzene rings is 1. The van der Waals surface area contributed by atoms with E-state index in [1.807, 2.05) is 20.9 Å². The van der Waals surface area contributed by atoms with Gasteiger partial charge in [0.2, 0.25) is 0 Å². The van der Waals surface area contributed by atoms with Crippen LogP contribution in [0.25, 0.3) is 0 Å². The Labute approximate surface area is 109 Å². The zero-order valence-electron chi connectivity index (χ0n) is 11.5. The SMILES string of the molecule is CN(CC1OCCc2ccccc21)C(C)(C)CO. The molecule has 1 aliphatic heterocycles. The minimum atomic E-state index is -0.213. The number of likely N-dealkylation sites (N-methyl/N-ethyl adjacent to an activating group) is 1. The first kappa shape index (κ1) is 13.5. The Morgan fingerprint density at radius 1 is 1.39 bits per heavy atom. The molecule has 0 saturated heterocycles. The van der Waals surface area contributed by atoms with Crippen LogP contribution in [0.3, 0.4) is 0 Å². The number of fused-ring (bicyclic) bond motifs is 1. The quantitative estimate of drug-likeness (QED) is 0.886. The van der Waals surface area contributed by atoms with Gasteiger partial charge in [-0.15, -0.1) is 0 Å². The zero-order chi connectivity index (χ0) is 13.2. The molecule has 0 amide bonds. The van der Waals surface area contributed by atoms with Gasteiger partial charge in [-0.25, -0.2) is 0 Å². The largest absolute Gasteiger partial charge is 0.394 e. The Kier molecular flexibility index (Phi) is 4.05. The number of aliphatic hydroxyl groups excluding tert-OH is 1. The zero-order valence-corrected chi connectivity index (χ0v) is 11.5. The second kappa shape index (κ2) is 5.39. The first-order valence-corrected chi connectivity index (χ1v) is 6.56. The third-order valence-electron chi connectivity index (χ3n) is 3.95. The summed E-state index contributed by atoms with van der Waals surface area (Å²) < 4.78 is 5.89. The van der Waals surface area contributed by atoms with Crippen LogP contribution in [0.1, 0.15) is 31.1 Å². The summed E-state index contributed by atoms with van der Waals surface area (Å²) in [6.07, 6.45) is 1.12. The molecule has 0 bridgehead atoms. The molecule has 1 N–H and O–H groups in total. The summed E-state index contributed by atoms with van der Waals surface area (Å²) in [6.45, 7) is 5.83. The average Bonchev–Trinajstić information content (AvgIpc) is 2.39. The molecule has 1 aromatic carbocycles. The molecule has 2 rings (SSSR count). The van der Waals surface area contributed by atoms with E-state index in [2.05, 4.69) is 29.2 Å². The molecule has 1 aliphatic rings. The molecule has 0 saturated carbocycles. The van der Waals surface area contributed by atoms with E-state index in [1.165, 1.54) is 11.1 Å². The van der Waals surface area contributed by atoms with Crippen molar-refractivity contribution in [1.82, 2.24) is 4.90 Å². The summed E-state index contributed by atoms with van der Waals surface area (Å²) in [5.41, 5.74) is 2.48. The second-order valence-corrected chi connectivity index (χ2v) is 5.66. The number of hydrogen-bond acceptors (Lipinski definition) is 3. The van der Waals surface area contributed by atoms with Crippen molar-refractivity contribution in [2.45, 2.75) is 31.9 Å². The molecule has 1 heterocycles. The van der Waals surface area contributed by atoms with E-state index < -0.39 is 0 Å². The van der Waals surface area contributed by atoms with Crippen LogP contribution in [0.4, 0.5) is 0 Å². The van der Waals surface area contributed by atoms with E-state index in [-0.39, 0.29) is 18.2 Å². The molecule has 1 aromatic rings. The number of nitrogens with zero attached hydrogens (tertiary/aromatic N) is 1. The van der Waals surface area contributed by atoms with E-state index >= 15 is 0 Å². The van der Waals surface area contributed by atoms with E-state index in [4.69, 9.17) is 4.74 Å². The minimum Gasteiger partial charge on any atom is -0.394 e. The van der Waals surface area contributed by atoms with Gasteiger partial charge < -0.3 is 9.84 Å². The molecule has 1 unspecified atom stereocenters. The van der Waals surface area contributed by atoms with Gasteiger partial charge in [0.25, 0.3) is 0 Å². The maximum absolute atomic E-state index is 9.41. The number of ether oxygens (including phenoxy) is 1. The van der Waals surface area contributed by atoms with Gasteiger partial charge in [-0.05, 0) is 38.4 Å². The first-order chi connectivity index (χ1) is 8.54. The topological polar surface area (TPSA) is 32.7 Å². The van der Waals surface area contributed by atoms with Crippen LogP contribution >= 0.6 is 0 Å². The van der Waals surface area contributed by atoms with Gasteiger partial charge in [0.1, 0.15) is 0 Å². The van der Waals surface area contributed by atoms with Crippen molar-refractivity contribution in [2.24, 2.45) is 0 Å². The number of aliphatic hydroxyl groups is 1. The van der Waals surface area contributed by atoms with Crippen LogP contribution in [-0.4, -0.2) is 42.4 Å². The summed E-state index contributed by atoms with van der Waals surface area (Å²) in [5, 5.41) is 9.41. The van der Waals surface area contributed by atoms with Crippen molar-refractivity contribution in [3.63, 3.8) is 0 Å². The molecular weight excluding hydrogens is 226 g/mol. The monoisotopic (exact) mass is 249 g/mol. The van der Waals surface area contributed by atoms with Crippen LogP contribution < -0.4 is 0 Å². The van der Waals surface area contributed by atoms with E-state index in [9.17, 15) is 5.11 Å². The van der Waals surface area contributed by atoms with E-state index in [0.29, 0.717) is 0 Å². The van der Waals surface area contributed by atoms with Crippen molar-refractivity contribution in [1.29, 1.82) is 0 Å². The molecule has 1 atom stereocenters. The molecular formula is C15H23NO2. The molecule has 0 aromatic heterocycles. The fourth-order valence-electron chi connectivity index (χ4n) is 2.24. The number of rotatable bonds is 4. The third-order valence-corrected chi connectivity index (χ3v) is 3.95.